The van der Waals surface area contributed by atoms with Gasteiger partial charge < -0.3 is 5.73 Å². The van der Waals surface area contributed by atoms with Gasteiger partial charge in [-0.25, -0.2) is 9.07 Å². The van der Waals surface area contributed by atoms with Gasteiger partial charge in [-0.3, -0.25) is 0 Å². The van der Waals surface area contributed by atoms with E-state index in [0.717, 1.165) is 5.69 Å². The van der Waals surface area contributed by atoms with Crippen LogP contribution in [0.5, 0.6) is 0 Å². The van der Waals surface area contributed by atoms with Crippen molar-refractivity contribution in [2.24, 2.45) is 5.73 Å². The third-order valence-corrected chi connectivity index (χ3v) is 2.17. The average molecular weight is 220 g/mol. The molecule has 0 amide bonds. The molecule has 1 aromatic carbocycles. The van der Waals surface area contributed by atoms with Gasteiger partial charge in [0.2, 0.25) is 0 Å². The molecule has 1 unspecified atom stereocenters. The zero-order valence-electron chi connectivity index (χ0n) is 8.97. The summed E-state index contributed by atoms with van der Waals surface area (Å²) in [6.07, 6.45) is 2.33. The highest BCUT2D eigenvalue weighted by Crippen LogP contribution is 2.11. The van der Waals surface area contributed by atoms with E-state index in [1.54, 1.807) is 24.4 Å². The van der Waals surface area contributed by atoms with Crippen LogP contribution < -0.4 is 5.73 Å². The van der Waals surface area contributed by atoms with E-state index < -0.39 is 0 Å². The summed E-state index contributed by atoms with van der Waals surface area (Å²) in [4.78, 5) is 0. The number of rotatable bonds is 3. The first-order chi connectivity index (χ1) is 7.66. The van der Waals surface area contributed by atoms with Crippen LogP contribution in [0.3, 0.4) is 0 Å². The quantitative estimate of drug-likeness (QED) is 0.848. The number of hydrogen-bond acceptors (Lipinski definition) is 3. The maximum Gasteiger partial charge on any atom is 0.148 e. The van der Waals surface area contributed by atoms with E-state index >= 15 is 0 Å². The second-order valence-electron chi connectivity index (χ2n) is 3.79. The third kappa shape index (κ3) is 2.25. The van der Waals surface area contributed by atoms with Crippen LogP contribution >= 0.6 is 0 Å². The van der Waals surface area contributed by atoms with E-state index in [1.165, 1.54) is 10.7 Å². The predicted octanol–water partition coefficient (Wildman–Crippen LogP) is 1.30. The fourth-order valence-electron chi connectivity index (χ4n) is 1.48. The van der Waals surface area contributed by atoms with Crippen molar-refractivity contribution in [3.63, 3.8) is 0 Å². The number of para-hydroxylation sites is 1. The van der Waals surface area contributed by atoms with E-state index in [1.807, 2.05) is 6.92 Å². The molecule has 0 bridgehead atoms. The summed E-state index contributed by atoms with van der Waals surface area (Å²) in [6, 6.07) is 6.46. The molecule has 2 aromatic rings. The molecule has 0 fully saturated rings. The number of aromatic nitrogens is 3. The maximum atomic E-state index is 13.4. The Morgan fingerprint density at radius 1 is 1.44 bits per heavy atom. The van der Waals surface area contributed by atoms with Crippen molar-refractivity contribution in [1.29, 1.82) is 0 Å². The zero-order valence-corrected chi connectivity index (χ0v) is 8.97. The molecular formula is C11H13FN4. The van der Waals surface area contributed by atoms with Crippen LogP contribution in [0.15, 0.2) is 30.5 Å². The lowest BCUT2D eigenvalue weighted by molar-refractivity contribution is 0.607. The molecule has 0 aliphatic carbocycles. The van der Waals surface area contributed by atoms with Crippen molar-refractivity contribution in [1.82, 2.24) is 15.0 Å². The van der Waals surface area contributed by atoms with Crippen molar-refractivity contribution in [2.75, 3.05) is 0 Å². The minimum atomic E-state index is -0.320. The van der Waals surface area contributed by atoms with Crippen LogP contribution in [0.25, 0.3) is 5.69 Å². The molecule has 2 rings (SSSR count). The fraction of sp³-hybridized carbons (Fsp3) is 0.273. The highest BCUT2D eigenvalue weighted by atomic mass is 19.1. The minimum Gasteiger partial charge on any atom is -0.328 e. The summed E-state index contributed by atoms with van der Waals surface area (Å²) in [5.41, 5.74) is 6.81. The molecule has 0 aliphatic heterocycles. The molecule has 2 N–H and O–H groups in total. The molecular weight excluding hydrogens is 207 g/mol. The van der Waals surface area contributed by atoms with Gasteiger partial charge in [-0.1, -0.05) is 17.3 Å². The average Bonchev–Trinajstić information content (AvgIpc) is 2.66. The lowest BCUT2D eigenvalue weighted by Gasteiger charge is -2.01. The number of nitrogens with zero attached hydrogens (tertiary/aromatic N) is 3. The van der Waals surface area contributed by atoms with Gasteiger partial charge in [-0.05, 0) is 19.1 Å². The Balaban J connectivity index is 2.28. The van der Waals surface area contributed by atoms with E-state index in [0.29, 0.717) is 12.1 Å². The van der Waals surface area contributed by atoms with Gasteiger partial charge in [0.05, 0.1) is 11.9 Å². The number of halogens is 1. The first kappa shape index (κ1) is 10.8. The van der Waals surface area contributed by atoms with Crippen LogP contribution in [-0.4, -0.2) is 21.0 Å². The van der Waals surface area contributed by atoms with Crippen LogP contribution in [0.1, 0.15) is 12.6 Å². The molecule has 84 valence electrons. The molecule has 0 saturated carbocycles. The summed E-state index contributed by atoms with van der Waals surface area (Å²) in [5.74, 6) is -0.320. The van der Waals surface area contributed by atoms with Gasteiger partial charge >= 0.3 is 0 Å². The first-order valence-electron chi connectivity index (χ1n) is 5.08. The largest absolute Gasteiger partial charge is 0.328 e. The van der Waals surface area contributed by atoms with Gasteiger partial charge in [0.1, 0.15) is 11.5 Å². The van der Waals surface area contributed by atoms with Gasteiger partial charge in [0, 0.05) is 12.5 Å². The van der Waals surface area contributed by atoms with Crippen molar-refractivity contribution >= 4 is 0 Å². The fourth-order valence-corrected chi connectivity index (χ4v) is 1.48. The summed E-state index contributed by atoms with van der Waals surface area (Å²) in [5, 5.41) is 7.81. The number of hydrogen-bond donors (Lipinski definition) is 1. The maximum absolute atomic E-state index is 13.4. The van der Waals surface area contributed by atoms with E-state index in [2.05, 4.69) is 10.3 Å². The van der Waals surface area contributed by atoms with Crippen LogP contribution in [0.2, 0.25) is 0 Å². The molecule has 1 heterocycles. The Labute approximate surface area is 92.9 Å². The molecule has 0 spiro atoms. The van der Waals surface area contributed by atoms with Gasteiger partial charge in [-0.2, -0.15) is 0 Å². The summed E-state index contributed by atoms with van der Waals surface area (Å²) >= 11 is 0. The van der Waals surface area contributed by atoms with Crippen molar-refractivity contribution < 1.29 is 4.39 Å². The molecule has 16 heavy (non-hydrogen) atoms. The Bertz CT molecular complexity index is 478. The minimum absolute atomic E-state index is 0.0192. The monoisotopic (exact) mass is 220 g/mol. The second-order valence-corrected chi connectivity index (χ2v) is 3.79. The van der Waals surface area contributed by atoms with Crippen LogP contribution in [0.4, 0.5) is 4.39 Å². The molecule has 4 nitrogen and oxygen atoms in total. The van der Waals surface area contributed by atoms with Gasteiger partial charge in [0.15, 0.2) is 0 Å². The molecule has 1 atom stereocenters. The zero-order chi connectivity index (χ0) is 11.5. The summed E-state index contributed by atoms with van der Waals surface area (Å²) < 4.78 is 14.9. The number of benzene rings is 1. The standard InChI is InChI=1S/C11H13FN4/c1-8(13)6-9-7-16(15-14-9)11-5-3-2-4-10(11)12/h2-5,7-8H,6,13H2,1H3. The normalized spacial score (nSPS) is 12.7. The highest BCUT2D eigenvalue weighted by Gasteiger charge is 2.07. The lowest BCUT2D eigenvalue weighted by atomic mass is 10.2. The second kappa shape index (κ2) is 4.40. The molecule has 0 saturated heterocycles. The van der Waals surface area contributed by atoms with Crippen LogP contribution in [0, 0.1) is 5.82 Å². The Morgan fingerprint density at radius 3 is 2.88 bits per heavy atom. The highest BCUT2D eigenvalue weighted by molar-refractivity contribution is 5.32. The lowest BCUT2D eigenvalue weighted by Crippen LogP contribution is -2.17. The predicted molar refractivity (Wildman–Crippen MR) is 58.7 cm³/mol. The molecule has 0 aliphatic rings. The van der Waals surface area contributed by atoms with E-state index in [-0.39, 0.29) is 11.9 Å². The molecule has 0 radical (unpaired) electrons. The first-order valence-corrected chi connectivity index (χ1v) is 5.08. The van der Waals surface area contributed by atoms with E-state index in [9.17, 15) is 4.39 Å². The van der Waals surface area contributed by atoms with Crippen LogP contribution in [-0.2, 0) is 6.42 Å². The van der Waals surface area contributed by atoms with Gasteiger partial charge in [-0.15, -0.1) is 5.10 Å². The number of nitrogens with two attached hydrogens (primary N) is 1. The van der Waals surface area contributed by atoms with Gasteiger partial charge in [0.25, 0.3) is 0 Å². The van der Waals surface area contributed by atoms with E-state index in [4.69, 9.17) is 5.73 Å². The van der Waals surface area contributed by atoms with Crippen molar-refractivity contribution in [3.05, 3.63) is 42.0 Å². The Kier molecular flexibility index (Phi) is 2.96. The summed E-state index contributed by atoms with van der Waals surface area (Å²) in [7, 11) is 0. The SMILES string of the molecule is CC(N)Cc1cn(-c2ccccc2F)nn1. The summed E-state index contributed by atoms with van der Waals surface area (Å²) in [6.45, 7) is 1.89. The van der Waals surface area contributed by atoms with Crippen molar-refractivity contribution in [3.8, 4) is 5.69 Å². The Hall–Kier alpha value is -1.75. The smallest absolute Gasteiger partial charge is 0.148 e. The Morgan fingerprint density at radius 2 is 2.19 bits per heavy atom. The molecule has 1 aromatic heterocycles. The molecule has 5 heteroatoms. The topological polar surface area (TPSA) is 56.7 Å². The third-order valence-electron chi connectivity index (χ3n) is 2.17. The van der Waals surface area contributed by atoms with Crippen molar-refractivity contribution in [2.45, 2.75) is 19.4 Å².